The molecule has 1 amide bonds. The zero-order valence-corrected chi connectivity index (χ0v) is 14.3. The van der Waals surface area contributed by atoms with E-state index in [-0.39, 0.29) is 5.91 Å². The van der Waals surface area contributed by atoms with Crippen molar-refractivity contribution in [2.24, 2.45) is 5.41 Å². The van der Waals surface area contributed by atoms with Gasteiger partial charge in [-0.2, -0.15) is 0 Å². The fourth-order valence-electron chi connectivity index (χ4n) is 1.86. The molecule has 0 fully saturated rings. The summed E-state index contributed by atoms with van der Waals surface area (Å²) in [6.45, 7) is 3.66. The van der Waals surface area contributed by atoms with Gasteiger partial charge in [-0.3, -0.25) is 9.59 Å². The minimum atomic E-state index is -0.860. The molecular formula is C16H21Cl2NO3. The van der Waals surface area contributed by atoms with E-state index >= 15 is 0 Å². The third-order valence-corrected chi connectivity index (χ3v) is 4.24. The smallest absolute Gasteiger partial charge is 0.309 e. The monoisotopic (exact) mass is 345 g/mol. The Bertz CT molecular complexity index is 544. The lowest BCUT2D eigenvalue weighted by molar-refractivity contribution is -0.147. The van der Waals surface area contributed by atoms with Gasteiger partial charge in [-0.1, -0.05) is 29.3 Å². The lowest BCUT2D eigenvalue weighted by Crippen LogP contribution is -2.31. The van der Waals surface area contributed by atoms with Crippen LogP contribution in [0.25, 0.3) is 0 Å². The number of benzene rings is 1. The van der Waals surface area contributed by atoms with Crippen molar-refractivity contribution in [2.75, 3.05) is 6.54 Å². The Kier molecular flexibility index (Phi) is 7.17. The van der Waals surface area contributed by atoms with Crippen molar-refractivity contribution in [3.05, 3.63) is 33.8 Å². The molecule has 1 aromatic carbocycles. The standard InChI is InChI=1S/C16H21Cl2NO3/c1-16(2,15(21)22)8-9-19-14(20)5-3-4-11-6-7-12(17)13(18)10-11/h6-7,10H,3-5,8-9H2,1-2H3,(H,19,20)(H,21,22). The second-order valence-corrected chi connectivity index (χ2v) is 6.71. The van der Waals surface area contributed by atoms with E-state index in [2.05, 4.69) is 5.32 Å². The number of halogens is 2. The maximum Gasteiger partial charge on any atom is 0.309 e. The summed E-state index contributed by atoms with van der Waals surface area (Å²) in [5, 5.41) is 12.8. The number of aliphatic carboxylic acids is 1. The molecule has 0 unspecified atom stereocenters. The molecule has 0 saturated carbocycles. The van der Waals surface area contributed by atoms with Crippen LogP contribution in [-0.4, -0.2) is 23.5 Å². The normalized spacial score (nSPS) is 11.3. The molecule has 0 atom stereocenters. The van der Waals surface area contributed by atoms with Crippen molar-refractivity contribution in [2.45, 2.75) is 39.5 Å². The van der Waals surface area contributed by atoms with E-state index in [1.165, 1.54) is 0 Å². The van der Waals surface area contributed by atoms with Crippen LogP contribution in [0.3, 0.4) is 0 Å². The molecule has 0 aliphatic rings. The van der Waals surface area contributed by atoms with Gasteiger partial charge in [-0.25, -0.2) is 0 Å². The molecule has 2 N–H and O–H groups in total. The molecule has 0 spiro atoms. The molecule has 1 rings (SSSR count). The molecular weight excluding hydrogens is 325 g/mol. The number of amides is 1. The van der Waals surface area contributed by atoms with E-state index in [1.54, 1.807) is 26.0 Å². The van der Waals surface area contributed by atoms with Crippen LogP contribution in [0.5, 0.6) is 0 Å². The average Bonchev–Trinajstić information content (AvgIpc) is 2.42. The summed E-state index contributed by atoms with van der Waals surface area (Å²) < 4.78 is 0. The quantitative estimate of drug-likeness (QED) is 0.749. The van der Waals surface area contributed by atoms with Crippen LogP contribution in [0.1, 0.15) is 38.7 Å². The van der Waals surface area contributed by atoms with E-state index in [0.29, 0.717) is 35.9 Å². The molecule has 0 bridgehead atoms. The zero-order chi connectivity index (χ0) is 16.8. The number of rotatable bonds is 8. The van der Waals surface area contributed by atoms with Gasteiger partial charge in [0.25, 0.3) is 0 Å². The van der Waals surface area contributed by atoms with E-state index in [4.69, 9.17) is 28.3 Å². The Balaban J connectivity index is 2.26. The number of nitrogens with one attached hydrogen (secondary N) is 1. The number of carboxylic acids is 1. The van der Waals surface area contributed by atoms with E-state index in [9.17, 15) is 9.59 Å². The number of aryl methyl sites for hydroxylation is 1. The van der Waals surface area contributed by atoms with Gasteiger partial charge in [0.1, 0.15) is 0 Å². The summed E-state index contributed by atoms with van der Waals surface area (Å²) in [5.41, 5.74) is 0.210. The van der Waals surface area contributed by atoms with Gasteiger partial charge in [0.15, 0.2) is 0 Å². The molecule has 0 aromatic heterocycles. The van der Waals surface area contributed by atoms with Crippen LogP contribution in [-0.2, 0) is 16.0 Å². The van der Waals surface area contributed by atoms with Crippen molar-refractivity contribution < 1.29 is 14.7 Å². The molecule has 0 aliphatic carbocycles. The Morgan fingerprint density at radius 3 is 2.50 bits per heavy atom. The maximum atomic E-state index is 11.7. The highest BCUT2D eigenvalue weighted by Gasteiger charge is 2.26. The predicted octanol–water partition coefficient (Wildman–Crippen LogP) is 3.93. The number of carboxylic acid groups (broad SMARTS) is 1. The van der Waals surface area contributed by atoms with Crippen molar-refractivity contribution in [3.63, 3.8) is 0 Å². The van der Waals surface area contributed by atoms with E-state index < -0.39 is 11.4 Å². The first-order chi connectivity index (χ1) is 10.2. The first kappa shape index (κ1) is 18.8. The predicted molar refractivity (Wildman–Crippen MR) is 88.4 cm³/mol. The van der Waals surface area contributed by atoms with E-state index in [0.717, 1.165) is 12.0 Å². The van der Waals surface area contributed by atoms with Gasteiger partial charge in [-0.05, 0) is 50.8 Å². The van der Waals surface area contributed by atoms with Crippen LogP contribution in [0.2, 0.25) is 10.0 Å². The molecule has 122 valence electrons. The summed E-state index contributed by atoms with van der Waals surface area (Å²) in [4.78, 5) is 22.6. The number of carbonyl (C=O) groups excluding carboxylic acids is 1. The molecule has 0 radical (unpaired) electrons. The van der Waals surface area contributed by atoms with Crippen LogP contribution in [0.15, 0.2) is 18.2 Å². The molecule has 22 heavy (non-hydrogen) atoms. The summed E-state index contributed by atoms with van der Waals surface area (Å²) >= 11 is 11.8. The Labute approximate surface area is 140 Å². The Hall–Kier alpha value is -1.26. The Morgan fingerprint density at radius 2 is 1.91 bits per heavy atom. The summed E-state index contributed by atoms with van der Waals surface area (Å²) in [5.74, 6) is -0.928. The largest absolute Gasteiger partial charge is 0.481 e. The van der Waals surface area contributed by atoms with Crippen LogP contribution < -0.4 is 5.32 Å². The zero-order valence-electron chi connectivity index (χ0n) is 12.8. The minimum absolute atomic E-state index is 0.0683. The average molecular weight is 346 g/mol. The van der Waals surface area contributed by atoms with Crippen molar-refractivity contribution in [1.29, 1.82) is 0 Å². The van der Waals surface area contributed by atoms with E-state index in [1.807, 2.05) is 6.07 Å². The first-order valence-electron chi connectivity index (χ1n) is 7.16. The number of hydrogen-bond donors (Lipinski definition) is 2. The van der Waals surface area contributed by atoms with Crippen LogP contribution in [0.4, 0.5) is 0 Å². The van der Waals surface area contributed by atoms with Crippen molar-refractivity contribution in [1.82, 2.24) is 5.32 Å². The van der Waals surface area contributed by atoms with Gasteiger partial charge < -0.3 is 10.4 Å². The third-order valence-electron chi connectivity index (χ3n) is 3.50. The SMILES string of the molecule is CC(C)(CCNC(=O)CCCc1ccc(Cl)c(Cl)c1)C(=O)O. The van der Waals surface area contributed by atoms with Gasteiger partial charge in [0.05, 0.1) is 15.5 Å². The van der Waals surface area contributed by atoms with Gasteiger partial charge >= 0.3 is 5.97 Å². The van der Waals surface area contributed by atoms with Crippen LogP contribution in [0, 0.1) is 5.41 Å². The molecule has 1 aromatic rings. The second kappa shape index (κ2) is 8.39. The fourth-order valence-corrected chi connectivity index (χ4v) is 2.18. The summed E-state index contributed by atoms with van der Waals surface area (Å²) in [7, 11) is 0. The van der Waals surface area contributed by atoms with Gasteiger partial charge in [0, 0.05) is 13.0 Å². The topological polar surface area (TPSA) is 66.4 Å². The first-order valence-corrected chi connectivity index (χ1v) is 7.92. The lowest BCUT2D eigenvalue weighted by Gasteiger charge is -2.18. The third kappa shape index (κ3) is 6.24. The molecule has 0 aliphatic heterocycles. The van der Waals surface area contributed by atoms with Crippen LogP contribution >= 0.6 is 23.2 Å². The highest BCUT2D eigenvalue weighted by Crippen LogP contribution is 2.23. The summed E-state index contributed by atoms with van der Waals surface area (Å²) in [6.07, 6.45) is 2.24. The number of hydrogen-bond acceptors (Lipinski definition) is 2. The Morgan fingerprint density at radius 1 is 1.23 bits per heavy atom. The number of carbonyl (C=O) groups is 2. The molecule has 4 nitrogen and oxygen atoms in total. The molecule has 6 heteroatoms. The second-order valence-electron chi connectivity index (χ2n) is 5.89. The highest BCUT2D eigenvalue weighted by molar-refractivity contribution is 6.42. The van der Waals surface area contributed by atoms with Gasteiger partial charge in [-0.15, -0.1) is 0 Å². The highest BCUT2D eigenvalue weighted by atomic mass is 35.5. The maximum absolute atomic E-state index is 11.7. The molecule has 0 heterocycles. The fraction of sp³-hybridized carbons (Fsp3) is 0.500. The minimum Gasteiger partial charge on any atom is -0.481 e. The van der Waals surface area contributed by atoms with Gasteiger partial charge in [0.2, 0.25) is 5.91 Å². The van der Waals surface area contributed by atoms with Crippen molar-refractivity contribution in [3.8, 4) is 0 Å². The summed E-state index contributed by atoms with van der Waals surface area (Å²) in [6, 6.07) is 5.44. The van der Waals surface area contributed by atoms with Crippen molar-refractivity contribution >= 4 is 35.1 Å². The lowest BCUT2D eigenvalue weighted by atomic mass is 9.90. The molecule has 0 saturated heterocycles.